The first-order valence-corrected chi connectivity index (χ1v) is 12.8. The molecule has 174 valence electrons. The van der Waals surface area contributed by atoms with E-state index >= 15 is 0 Å². The molecule has 6 heteroatoms. The molecular formula is C28H30N4OS. The van der Waals surface area contributed by atoms with Crippen LogP contribution in [0.2, 0.25) is 0 Å². The quantitative estimate of drug-likeness (QED) is 0.389. The number of piperazine rings is 1. The highest BCUT2D eigenvalue weighted by Gasteiger charge is 2.20. The fourth-order valence-electron chi connectivity index (χ4n) is 4.47. The molecule has 1 fully saturated rings. The van der Waals surface area contributed by atoms with E-state index in [0.29, 0.717) is 5.56 Å². The molecule has 0 saturated carbocycles. The molecule has 3 aromatic carbocycles. The Kier molecular flexibility index (Phi) is 6.88. The van der Waals surface area contributed by atoms with Gasteiger partial charge in [0.2, 0.25) is 0 Å². The smallest absolute Gasteiger partial charge is 0.255 e. The van der Waals surface area contributed by atoms with Gasteiger partial charge in [-0.15, -0.1) is 0 Å². The van der Waals surface area contributed by atoms with Crippen LogP contribution >= 0.6 is 11.5 Å². The standard InChI is InChI=1S/C28H30N4OS/c1-2-21-10-12-23(13-11-21)28(33)29-24-7-5-6-22(20-24)14-15-31-16-18-32(19-17-31)27-25-8-3-4-9-26(25)34-30-27/h3-13,20H,2,14-19H2,1H3,(H,29,33). The number of hydrogen-bond donors (Lipinski definition) is 1. The number of nitrogens with one attached hydrogen (secondary N) is 1. The summed E-state index contributed by atoms with van der Waals surface area (Å²) in [6, 6.07) is 24.5. The number of amides is 1. The third kappa shape index (κ3) is 5.13. The van der Waals surface area contributed by atoms with Gasteiger partial charge < -0.3 is 10.2 Å². The van der Waals surface area contributed by atoms with Crippen molar-refractivity contribution in [2.45, 2.75) is 19.8 Å². The summed E-state index contributed by atoms with van der Waals surface area (Å²) < 4.78 is 5.97. The molecule has 1 N–H and O–H groups in total. The second-order valence-corrected chi connectivity index (χ2v) is 9.59. The van der Waals surface area contributed by atoms with Crippen LogP contribution in [0.3, 0.4) is 0 Å². The Bertz CT molecular complexity index is 1260. The molecule has 1 aromatic heterocycles. The molecule has 5 nitrogen and oxygen atoms in total. The number of nitrogens with zero attached hydrogens (tertiary/aromatic N) is 3. The Labute approximate surface area is 205 Å². The maximum Gasteiger partial charge on any atom is 0.255 e. The molecule has 4 aromatic rings. The number of carbonyl (C=O) groups excluding carboxylic acids is 1. The van der Waals surface area contributed by atoms with Gasteiger partial charge in [0.25, 0.3) is 5.91 Å². The minimum Gasteiger partial charge on any atom is -0.353 e. The molecule has 5 rings (SSSR count). The van der Waals surface area contributed by atoms with Gasteiger partial charge in [0.05, 0.1) is 4.70 Å². The molecule has 0 bridgehead atoms. The molecule has 0 radical (unpaired) electrons. The first kappa shape index (κ1) is 22.6. The van der Waals surface area contributed by atoms with Crippen LogP contribution in [0.5, 0.6) is 0 Å². The molecular weight excluding hydrogens is 440 g/mol. The van der Waals surface area contributed by atoms with Gasteiger partial charge in [-0.25, -0.2) is 0 Å². The Morgan fingerprint density at radius 1 is 0.941 bits per heavy atom. The van der Waals surface area contributed by atoms with Gasteiger partial charge >= 0.3 is 0 Å². The highest BCUT2D eigenvalue weighted by Crippen LogP contribution is 2.29. The number of carbonyl (C=O) groups is 1. The van der Waals surface area contributed by atoms with Crippen LogP contribution in [-0.2, 0) is 12.8 Å². The van der Waals surface area contributed by atoms with Gasteiger partial charge in [0.15, 0.2) is 0 Å². The minimum absolute atomic E-state index is 0.0644. The SMILES string of the molecule is CCc1ccc(C(=O)Nc2cccc(CCN3CCN(c4nsc5ccccc45)CC3)c2)cc1. The molecule has 1 aliphatic rings. The largest absolute Gasteiger partial charge is 0.353 e. The molecule has 0 aliphatic carbocycles. The number of fused-ring (bicyclic) bond motifs is 1. The van der Waals surface area contributed by atoms with Crippen molar-refractivity contribution in [3.63, 3.8) is 0 Å². The molecule has 1 saturated heterocycles. The molecule has 0 atom stereocenters. The summed E-state index contributed by atoms with van der Waals surface area (Å²) in [7, 11) is 0. The summed E-state index contributed by atoms with van der Waals surface area (Å²) >= 11 is 1.59. The number of hydrogen-bond acceptors (Lipinski definition) is 5. The first-order chi connectivity index (χ1) is 16.7. The van der Waals surface area contributed by atoms with E-state index in [1.165, 1.54) is 21.2 Å². The van der Waals surface area contributed by atoms with E-state index < -0.39 is 0 Å². The Morgan fingerprint density at radius 3 is 2.53 bits per heavy atom. The number of benzene rings is 3. The predicted octanol–water partition coefficient (Wildman–Crippen LogP) is 5.48. The lowest BCUT2D eigenvalue weighted by Crippen LogP contribution is -2.47. The monoisotopic (exact) mass is 470 g/mol. The number of aryl methyl sites for hydroxylation is 1. The van der Waals surface area contributed by atoms with Crippen LogP contribution < -0.4 is 10.2 Å². The molecule has 1 amide bonds. The van der Waals surface area contributed by atoms with Crippen LogP contribution in [0, 0.1) is 0 Å². The van der Waals surface area contributed by atoms with Gasteiger partial charge in [0.1, 0.15) is 5.82 Å². The summed E-state index contributed by atoms with van der Waals surface area (Å²) in [5.41, 5.74) is 4.02. The van der Waals surface area contributed by atoms with Crippen LogP contribution in [0.25, 0.3) is 10.1 Å². The van der Waals surface area contributed by atoms with E-state index in [4.69, 9.17) is 4.37 Å². The third-order valence-corrected chi connectivity index (χ3v) is 7.37. The zero-order valence-corrected chi connectivity index (χ0v) is 20.4. The van der Waals surface area contributed by atoms with Crippen LogP contribution in [0.4, 0.5) is 11.5 Å². The molecule has 0 unspecified atom stereocenters. The molecule has 34 heavy (non-hydrogen) atoms. The summed E-state index contributed by atoms with van der Waals surface area (Å²) in [6.07, 6.45) is 1.94. The lowest BCUT2D eigenvalue weighted by molar-refractivity contribution is 0.102. The maximum absolute atomic E-state index is 12.6. The maximum atomic E-state index is 12.6. The average molecular weight is 471 g/mol. The van der Waals surface area contributed by atoms with E-state index in [-0.39, 0.29) is 5.91 Å². The second kappa shape index (κ2) is 10.4. The Hall–Kier alpha value is -3.22. The van der Waals surface area contributed by atoms with Crippen molar-refractivity contribution >= 4 is 39.0 Å². The summed E-state index contributed by atoms with van der Waals surface area (Å²) in [5, 5.41) is 4.31. The van der Waals surface area contributed by atoms with Crippen molar-refractivity contribution in [1.29, 1.82) is 0 Å². The van der Waals surface area contributed by atoms with E-state index in [9.17, 15) is 4.79 Å². The molecule has 2 heterocycles. The molecule has 0 spiro atoms. The van der Waals surface area contributed by atoms with Gasteiger partial charge in [-0.3, -0.25) is 9.69 Å². The highest BCUT2D eigenvalue weighted by atomic mass is 32.1. The van der Waals surface area contributed by atoms with Crippen molar-refractivity contribution in [1.82, 2.24) is 9.27 Å². The minimum atomic E-state index is -0.0644. The van der Waals surface area contributed by atoms with Gasteiger partial charge in [0, 0.05) is 49.4 Å². The number of rotatable bonds is 7. The van der Waals surface area contributed by atoms with Crippen molar-refractivity contribution in [3.8, 4) is 0 Å². The Morgan fingerprint density at radius 2 is 1.74 bits per heavy atom. The van der Waals surface area contributed by atoms with Gasteiger partial charge in [-0.2, -0.15) is 4.37 Å². The third-order valence-electron chi connectivity index (χ3n) is 6.56. The average Bonchev–Trinajstić information content (AvgIpc) is 3.32. The second-order valence-electron chi connectivity index (χ2n) is 8.79. The summed E-state index contributed by atoms with van der Waals surface area (Å²) in [6.45, 7) is 7.21. The topological polar surface area (TPSA) is 48.5 Å². The number of anilines is 2. The highest BCUT2D eigenvalue weighted by molar-refractivity contribution is 7.13. The van der Waals surface area contributed by atoms with E-state index in [0.717, 1.165) is 57.1 Å². The predicted molar refractivity (Wildman–Crippen MR) is 142 cm³/mol. The summed E-state index contributed by atoms with van der Waals surface area (Å²) in [4.78, 5) is 17.5. The Balaban J connectivity index is 1.13. The van der Waals surface area contributed by atoms with Crippen molar-refractivity contribution in [3.05, 3.63) is 89.5 Å². The van der Waals surface area contributed by atoms with Gasteiger partial charge in [-0.05, 0) is 71.9 Å². The van der Waals surface area contributed by atoms with Crippen molar-refractivity contribution < 1.29 is 4.79 Å². The van der Waals surface area contributed by atoms with Crippen LogP contribution in [-0.4, -0.2) is 47.9 Å². The zero-order valence-electron chi connectivity index (χ0n) is 19.5. The van der Waals surface area contributed by atoms with Crippen LogP contribution in [0.1, 0.15) is 28.4 Å². The van der Waals surface area contributed by atoms with E-state index in [2.05, 4.69) is 58.4 Å². The zero-order chi connectivity index (χ0) is 23.3. The van der Waals surface area contributed by atoms with Gasteiger partial charge in [-0.1, -0.05) is 43.3 Å². The normalized spacial score (nSPS) is 14.4. The fraction of sp³-hybridized carbons (Fsp3) is 0.286. The van der Waals surface area contributed by atoms with E-state index in [1.807, 2.05) is 36.4 Å². The molecule has 1 aliphatic heterocycles. The summed E-state index contributed by atoms with van der Waals surface area (Å²) in [5.74, 6) is 1.07. The first-order valence-electron chi connectivity index (χ1n) is 12.0. The van der Waals surface area contributed by atoms with Crippen molar-refractivity contribution in [2.24, 2.45) is 0 Å². The van der Waals surface area contributed by atoms with Crippen molar-refractivity contribution in [2.75, 3.05) is 42.9 Å². The number of aromatic nitrogens is 1. The van der Waals surface area contributed by atoms with E-state index in [1.54, 1.807) is 11.5 Å². The lowest BCUT2D eigenvalue weighted by atomic mass is 10.1. The fourth-order valence-corrected chi connectivity index (χ4v) is 5.27. The lowest BCUT2D eigenvalue weighted by Gasteiger charge is -2.35. The van der Waals surface area contributed by atoms with Crippen LogP contribution in [0.15, 0.2) is 72.8 Å².